The highest BCUT2D eigenvalue weighted by molar-refractivity contribution is 5.83. The van der Waals surface area contributed by atoms with E-state index in [1.165, 1.54) is 22.9 Å². The first-order chi connectivity index (χ1) is 8.36. The lowest BCUT2D eigenvalue weighted by Gasteiger charge is -2.09. The minimum atomic E-state index is 1.05. The van der Waals surface area contributed by atoms with Crippen LogP contribution in [0.1, 0.15) is 25.8 Å². The molecule has 92 valence electrons. The van der Waals surface area contributed by atoms with Crippen LogP contribution in [0.25, 0.3) is 10.9 Å². The van der Waals surface area contributed by atoms with Gasteiger partial charge in [0.1, 0.15) is 0 Å². The SMILES string of the molecule is CCCNCCn1ccc2cccc(CC)c21. The monoisotopic (exact) mass is 230 g/mol. The van der Waals surface area contributed by atoms with E-state index in [4.69, 9.17) is 0 Å². The highest BCUT2D eigenvalue weighted by Gasteiger charge is 2.04. The molecule has 0 saturated carbocycles. The Labute approximate surface area is 104 Å². The smallest absolute Gasteiger partial charge is 0.0513 e. The second-order valence-electron chi connectivity index (χ2n) is 4.47. The quantitative estimate of drug-likeness (QED) is 0.754. The molecule has 1 aromatic heterocycles. The highest BCUT2D eigenvalue weighted by atomic mass is 15.0. The van der Waals surface area contributed by atoms with Crippen molar-refractivity contribution >= 4 is 10.9 Å². The zero-order valence-corrected chi connectivity index (χ0v) is 10.9. The second kappa shape index (κ2) is 5.87. The van der Waals surface area contributed by atoms with Gasteiger partial charge in [-0.2, -0.15) is 0 Å². The number of benzene rings is 1. The predicted molar refractivity (Wildman–Crippen MR) is 74.5 cm³/mol. The van der Waals surface area contributed by atoms with Crippen molar-refractivity contribution in [1.82, 2.24) is 9.88 Å². The van der Waals surface area contributed by atoms with Gasteiger partial charge in [0.25, 0.3) is 0 Å². The molecule has 17 heavy (non-hydrogen) atoms. The summed E-state index contributed by atoms with van der Waals surface area (Å²) in [5, 5.41) is 4.82. The maximum Gasteiger partial charge on any atom is 0.0513 e. The fourth-order valence-corrected chi connectivity index (χ4v) is 2.31. The third-order valence-electron chi connectivity index (χ3n) is 3.21. The molecule has 1 N–H and O–H groups in total. The van der Waals surface area contributed by atoms with E-state index in [0.29, 0.717) is 0 Å². The summed E-state index contributed by atoms with van der Waals surface area (Å²) in [7, 11) is 0. The maximum absolute atomic E-state index is 3.45. The van der Waals surface area contributed by atoms with E-state index in [1.54, 1.807) is 0 Å². The Morgan fingerprint density at radius 3 is 2.76 bits per heavy atom. The van der Waals surface area contributed by atoms with Crippen molar-refractivity contribution in [1.29, 1.82) is 0 Å². The van der Waals surface area contributed by atoms with Gasteiger partial charge in [-0.25, -0.2) is 0 Å². The summed E-state index contributed by atoms with van der Waals surface area (Å²) in [6.07, 6.45) is 4.51. The number of nitrogens with zero attached hydrogens (tertiary/aromatic N) is 1. The zero-order chi connectivity index (χ0) is 12.1. The largest absolute Gasteiger partial charge is 0.346 e. The number of nitrogens with one attached hydrogen (secondary N) is 1. The standard InChI is InChI=1S/C15H22N2/c1-3-9-16-10-12-17-11-8-14-7-5-6-13(4-2)15(14)17/h5-8,11,16H,3-4,9-10,12H2,1-2H3. The number of hydrogen-bond donors (Lipinski definition) is 1. The van der Waals surface area contributed by atoms with E-state index in [1.807, 2.05) is 0 Å². The van der Waals surface area contributed by atoms with E-state index in [9.17, 15) is 0 Å². The van der Waals surface area contributed by atoms with Gasteiger partial charge in [-0.05, 0) is 36.4 Å². The molecule has 0 amide bonds. The van der Waals surface area contributed by atoms with Crippen molar-refractivity contribution in [3.63, 3.8) is 0 Å². The van der Waals surface area contributed by atoms with Crippen LogP contribution in [0, 0.1) is 0 Å². The Hall–Kier alpha value is -1.28. The van der Waals surface area contributed by atoms with Crippen LogP contribution in [0.4, 0.5) is 0 Å². The Morgan fingerprint density at radius 2 is 2.00 bits per heavy atom. The van der Waals surface area contributed by atoms with Gasteiger partial charge in [0.05, 0.1) is 5.52 Å². The van der Waals surface area contributed by atoms with Crippen molar-refractivity contribution < 1.29 is 0 Å². The Morgan fingerprint density at radius 1 is 1.12 bits per heavy atom. The van der Waals surface area contributed by atoms with Crippen molar-refractivity contribution in [2.24, 2.45) is 0 Å². The molecule has 0 unspecified atom stereocenters. The van der Waals surface area contributed by atoms with Crippen molar-refractivity contribution in [2.75, 3.05) is 13.1 Å². The van der Waals surface area contributed by atoms with Crippen LogP contribution in [0.3, 0.4) is 0 Å². The van der Waals surface area contributed by atoms with Gasteiger partial charge in [0.2, 0.25) is 0 Å². The normalized spacial score (nSPS) is 11.2. The summed E-state index contributed by atoms with van der Waals surface area (Å²) in [4.78, 5) is 0. The van der Waals surface area contributed by atoms with Gasteiger partial charge in [-0.3, -0.25) is 0 Å². The third kappa shape index (κ3) is 2.70. The molecule has 0 spiro atoms. The molecule has 0 bridgehead atoms. The number of para-hydroxylation sites is 1. The van der Waals surface area contributed by atoms with Crippen molar-refractivity contribution in [3.05, 3.63) is 36.0 Å². The second-order valence-corrected chi connectivity index (χ2v) is 4.47. The average molecular weight is 230 g/mol. The van der Waals surface area contributed by atoms with Crippen LogP contribution in [0.2, 0.25) is 0 Å². The fourth-order valence-electron chi connectivity index (χ4n) is 2.31. The molecular formula is C15H22N2. The van der Waals surface area contributed by atoms with E-state index >= 15 is 0 Å². The summed E-state index contributed by atoms with van der Waals surface area (Å²) in [5.74, 6) is 0. The van der Waals surface area contributed by atoms with Gasteiger partial charge < -0.3 is 9.88 Å². The first-order valence-corrected chi connectivity index (χ1v) is 6.64. The van der Waals surface area contributed by atoms with Crippen molar-refractivity contribution in [2.45, 2.75) is 33.2 Å². The van der Waals surface area contributed by atoms with Crippen LogP contribution in [-0.4, -0.2) is 17.7 Å². The maximum atomic E-state index is 3.45. The lowest BCUT2D eigenvalue weighted by atomic mass is 10.1. The Bertz CT molecular complexity index is 471. The van der Waals surface area contributed by atoms with Crippen LogP contribution in [-0.2, 0) is 13.0 Å². The van der Waals surface area contributed by atoms with Crippen LogP contribution in [0.15, 0.2) is 30.5 Å². The summed E-state index contributed by atoms with van der Waals surface area (Å²) in [6.45, 7) is 7.64. The lowest BCUT2D eigenvalue weighted by Crippen LogP contribution is -2.20. The molecule has 2 rings (SSSR count). The van der Waals surface area contributed by atoms with Gasteiger partial charge in [0, 0.05) is 19.3 Å². The van der Waals surface area contributed by atoms with Gasteiger partial charge in [-0.1, -0.05) is 32.0 Å². The first kappa shape index (κ1) is 12.2. The first-order valence-electron chi connectivity index (χ1n) is 6.64. The zero-order valence-electron chi connectivity index (χ0n) is 10.9. The molecule has 1 heterocycles. The number of rotatable bonds is 6. The fraction of sp³-hybridized carbons (Fsp3) is 0.467. The molecule has 0 fully saturated rings. The van der Waals surface area contributed by atoms with Gasteiger partial charge >= 0.3 is 0 Å². The molecule has 2 heteroatoms. The minimum Gasteiger partial charge on any atom is -0.346 e. The predicted octanol–water partition coefficient (Wildman–Crippen LogP) is 3.20. The molecule has 0 atom stereocenters. The topological polar surface area (TPSA) is 17.0 Å². The molecule has 2 nitrogen and oxygen atoms in total. The number of aryl methyl sites for hydroxylation is 1. The Balaban J connectivity index is 2.16. The van der Waals surface area contributed by atoms with Gasteiger partial charge in [0.15, 0.2) is 0 Å². The Kier molecular flexibility index (Phi) is 4.21. The number of hydrogen-bond acceptors (Lipinski definition) is 1. The van der Waals surface area contributed by atoms with Crippen molar-refractivity contribution in [3.8, 4) is 0 Å². The molecule has 0 aliphatic rings. The summed E-state index contributed by atoms with van der Waals surface area (Å²) in [6, 6.07) is 8.80. The highest BCUT2D eigenvalue weighted by Crippen LogP contribution is 2.20. The number of fused-ring (bicyclic) bond motifs is 1. The van der Waals surface area contributed by atoms with Gasteiger partial charge in [-0.15, -0.1) is 0 Å². The molecular weight excluding hydrogens is 208 g/mol. The molecule has 0 saturated heterocycles. The molecule has 0 aliphatic heterocycles. The third-order valence-corrected chi connectivity index (χ3v) is 3.21. The van der Waals surface area contributed by atoms with E-state index in [2.05, 4.69) is 54.2 Å². The van der Waals surface area contributed by atoms with Crippen LogP contribution >= 0.6 is 0 Å². The number of aromatic nitrogens is 1. The van der Waals surface area contributed by atoms with E-state index in [0.717, 1.165) is 26.1 Å². The van der Waals surface area contributed by atoms with Crippen LogP contribution in [0.5, 0.6) is 0 Å². The minimum absolute atomic E-state index is 1.05. The summed E-state index contributed by atoms with van der Waals surface area (Å²) in [5.41, 5.74) is 2.86. The molecule has 1 aromatic carbocycles. The summed E-state index contributed by atoms with van der Waals surface area (Å²) < 4.78 is 2.37. The molecule has 2 aromatic rings. The summed E-state index contributed by atoms with van der Waals surface area (Å²) >= 11 is 0. The van der Waals surface area contributed by atoms with E-state index < -0.39 is 0 Å². The average Bonchev–Trinajstić information content (AvgIpc) is 2.78. The van der Waals surface area contributed by atoms with Crippen LogP contribution < -0.4 is 5.32 Å². The lowest BCUT2D eigenvalue weighted by molar-refractivity contribution is 0.603. The van der Waals surface area contributed by atoms with E-state index in [-0.39, 0.29) is 0 Å². The molecule has 0 radical (unpaired) electrons. The molecule has 0 aliphatic carbocycles.